The standard InChI is InChI=1S/C16H30F2N4O2S/c1-2-19-16(21-14-6-4-3-5-7-14)20-12-13-8-10-22(11-9-13)25(23,24)15(17)18/h13-15H,2-12H2,1H3,(H2,19,20,21). The van der Waals surface area contributed by atoms with E-state index in [0.29, 0.717) is 25.4 Å². The van der Waals surface area contributed by atoms with Gasteiger partial charge in [-0.3, -0.25) is 4.99 Å². The summed E-state index contributed by atoms with van der Waals surface area (Å²) in [6, 6.07) is 0.463. The first-order valence-corrected chi connectivity index (χ1v) is 10.8. The zero-order valence-corrected chi connectivity index (χ0v) is 15.7. The summed E-state index contributed by atoms with van der Waals surface area (Å²) in [6.45, 7) is 3.69. The predicted molar refractivity (Wildman–Crippen MR) is 95.2 cm³/mol. The topological polar surface area (TPSA) is 73.8 Å². The average Bonchev–Trinajstić information content (AvgIpc) is 2.61. The molecule has 0 atom stereocenters. The summed E-state index contributed by atoms with van der Waals surface area (Å²) < 4.78 is 49.1. The largest absolute Gasteiger partial charge is 0.357 e. The van der Waals surface area contributed by atoms with E-state index in [1.165, 1.54) is 19.3 Å². The summed E-state index contributed by atoms with van der Waals surface area (Å²) in [7, 11) is -4.44. The molecule has 2 aliphatic rings. The Kier molecular flexibility index (Phi) is 7.86. The summed E-state index contributed by atoms with van der Waals surface area (Å²) in [5.74, 6) is -2.30. The summed E-state index contributed by atoms with van der Waals surface area (Å²) >= 11 is 0. The van der Waals surface area contributed by atoms with E-state index in [0.717, 1.165) is 29.7 Å². The highest BCUT2D eigenvalue weighted by Crippen LogP contribution is 2.23. The van der Waals surface area contributed by atoms with E-state index in [4.69, 9.17) is 0 Å². The first kappa shape index (κ1) is 20.4. The van der Waals surface area contributed by atoms with E-state index < -0.39 is 15.8 Å². The molecule has 6 nitrogen and oxygen atoms in total. The van der Waals surface area contributed by atoms with Gasteiger partial charge in [-0.1, -0.05) is 19.3 Å². The van der Waals surface area contributed by atoms with Crippen LogP contribution in [0.25, 0.3) is 0 Å². The highest BCUT2D eigenvalue weighted by atomic mass is 32.2. The first-order valence-electron chi connectivity index (χ1n) is 9.25. The number of sulfonamides is 1. The van der Waals surface area contributed by atoms with Crippen molar-refractivity contribution in [3.8, 4) is 0 Å². The third-order valence-electron chi connectivity index (χ3n) is 4.96. The minimum atomic E-state index is -4.44. The number of halogens is 2. The highest BCUT2D eigenvalue weighted by Gasteiger charge is 2.34. The number of hydrogen-bond donors (Lipinski definition) is 2. The van der Waals surface area contributed by atoms with Gasteiger partial charge in [-0.15, -0.1) is 0 Å². The lowest BCUT2D eigenvalue weighted by Crippen LogP contribution is -2.45. The van der Waals surface area contributed by atoms with Crippen molar-refractivity contribution in [3.05, 3.63) is 0 Å². The van der Waals surface area contributed by atoms with Crippen molar-refractivity contribution in [3.63, 3.8) is 0 Å². The van der Waals surface area contributed by atoms with Gasteiger partial charge in [-0.25, -0.2) is 8.42 Å². The van der Waals surface area contributed by atoms with Crippen LogP contribution in [0.5, 0.6) is 0 Å². The van der Waals surface area contributed by atoms with Crippen LogP contribution in [-0.4, -0.2) is 56.7 Å². The molecule has 146 valence electrons. The second-order valence-electron chi connectivity index (χ2n) is 6.85. The van der Waals surface area contributed by atoms with E-state index in [1.54, 1.807) is 0 Å². The van der Waals surface area contributed by atoms with Crippen molar-refractivity contribution in [1.82, 2.24) is 14.9 Å². The maximum atomic E-state index is 12.6. The van der Waals surface area contributed by atoms with Crippen molar-refractivity contribution in [2.45, 2.75) is 63.7 Å². The molecule has 0 radical (unpaired) electrons. The van der Waals surface area contributed by atoms with Crippen LogP contribution in [0.4, 0.5) is 8.78 Å². The lowest BCUT2D eigenvalue weighted by Gasteiger charge is -2.30. The smallest absolute Gasteiger partial charge is 0.350 e. The number of alkyl halides is 2. The average molecular weight is 381 g/mol. The molecule has 0 amide bonds. The monoisotopic (exact) mass is 380 g/mol. The Hall–Kier alpha value is -0.960. The minimum Gasteiger partial charge on any atom is -0.357 e. The van der Waals surface area contributed by atoms with Crippen LogP contribution in [-0.2, 0) is 10.0 Å². The van der Waals surface area contributed by atoms with Gasteiger partial charge < -0.3 is 10.6 Å². The number of nitrogens with one attached hydrogen (secondary N) is 2. The van der Waals surface area contributed by atoms with Gasteiger partial charge in [-0.2, -0.15) is 13.1 Å². The molecule has 1 saturated heterocycles. The molecule has 2 fully saturated rings. The Labute approximate surface area is 149 Å². The second-order valence-corrected chi connectivity index (χ2v) is 8.75. The molecule has 0 bridgehead atoms. The van der Waals surface area contributed by atoms with Gasteiger partial charge in [0.25, 0.3) is 10.0 Å². The summed E-state index contributed by atoms with van der Waals surface area (Å²) in [5.41, 5.74) is 0. The normalized spacial score (nSPS) is 22.3. The third kappa shape index (κ3) is 6.06. The molecular formula is C16H30F2N4O2S. The van der Waals surface area contributed by atoms with Gasteiger partial charge in [-0.05, 0) is 38.5 Å². The van der Waals surface area contributed by atoms with Crippen LogP contribution in [0.15, 0.2) is 4.99 Å². The van der Waals surface area contributed by atoms with Gasteiger partial charge in [0.1, 0.15) is 0 Å². The summed E-state index contributed by atoms with van der Waals surface area (Å²) in [6.07, 6.45) is 7.24. The lowest BCUT2D eigenvalue weighted by atomic mass is 9.96. The SMILES string of the molecule is CCNC(=NCC1CCN(S(=O)(=O)C(F)F)CC1)NC1CCCCC1. The Morgan fingerprint density at radius 3 is 2.36 bits per heavy atom. The van der Waals surface area contributed by atoms with Crippen LogP contribution >= 0.6 is 0 Å². The van der Waals surface area contributed by atoms with E-state index >= 15 is 0 Å². The van der Waals surface area contributed by atoms with Crippen molar-refractivity contribution in [2.24, 2.45) is 10.9 Å². The van der Waals surface area contributed by atoms with Crippen LogP contribution in [0.2, 0.25) is 0 Å². The molecule has 2 N–H and O–H groups in total. The molecule has 2 rings (SSSR count). The number of hydrogen-bond acceptors (Lipinski definition) is 3. The molecule has 25 heavy (non-hydrogen) atoms. The number of rotatable bonds is 6. The molecule has 1 saturated carbocycles. The molecule has 0 aromatic rings. The van der Waals surface area contributed by atoms with Crippen LogP contribution in [0.1, 0.15) is 51.9 Å². The minimum absolute atomic E-state index is 0.152. The molecule has 0 aromatic heterocycles. The molecule has 1 aliphatic heterocycles. The second kappa shape index (κ2) is 9.66. The summed E-state index contributed by atoms with van der Waals surface area (Å²) in [4.78, 5) is 4.63. The molecular weight excluding hydrogens is 350 g/mol. The van der Waals surface area contributed by atoms with Gasteiger partial charge >= 0.3 is 5.76 Å². The van der Waals surface area contributed by atoms with Crippen molar-refractivity contribution in [1.29, 1.82) is 0 Å². The quantitative estimate of drug-likeness (QED) is 0.547. The fourth-order valence-electron chi connectivity index (χ4n) is 3.44. The van der Waals surface area contributed by atoms with E-state index in [2.05, 4.69) is 15.6 Å². The van der Waals surface area contributed by atoms with Crippen molar-refractivity contribution in [2.75, 3.05) is 26.2 Å². The van der Waals surface area contributed by atoms with Crippen LogP contribution in [0.3, 0.4) is 0 Å². The molecule has 0 unspecified atom stereocenters. The Bertz CT molecular complexity index is 528. The van der Waals surface area contributed by atoms with Crippen LogP contribution in [0, 0.1) is 5.92 Å². The Balaban J connectivity index is 1.83. The number of aliphatic imine (C=N–C) groups is 1. The first-order chi connectivity index (χ1) is 11.9. The fraction of sp³-hybridized carbons (Fsp3) is 0.938. The van der Waals surface area contributed by atoms with Crippen molar-refractivity contribution < 1.29 is 17.2 Å². The Morgan fingerprint density at radius 2 is 1.80 bits per heavy atom. The van der Waals surface area contributed by atoms with Gasteiger partial charge in [0, 0.05) is 32.2 Å². The maximum Gasteiger partial charge on any atom is 0.350 e. The summed E-state index contributed by atoms with van der Waals surface area (Å²) in [5, 5.41) is 6.73. The van der Waals surface area contributed by atoms with E-state index in [-0.39, 0.29) is 19.0 Å². The van der Waals surface area contributed by atoms with Gasteiger partial charge in [0.05, 0.1) is 0 Å². The maximum absolute atomic E-state index is 12.6. The number of nitrogens with zero attached hydrogens (tertiary/aromatic N) is 2. The zero-order chi connectivity index (χ0) is 18.3. The third-order valence-corrected chi connectivity index (χ3v) is 6.49. The molecule has 1 aliphatic carbocycles. The van der Waals surface area contributed by atoms with Gasteiger partial charge in [0.15, 0.2) is 5.96 Å². The fourth-order valence-corrected chi connectivity index (χ4v) is 4.38. The zero-order valence-electron chi connectivity index (χ0n) is 14.9. The predicted octanol–water partition coefficient (Wildman–Crippen LogP) is 2.14. The Morgan fingerprint density at radius 1 is 1.16 bits per heavy atom. The highest BCUT2D eigenvalue weighted by molar-refractivity contribution is 7.89. The number of guanidine groups is 1. The van der Waals surface area contributed by atoms with Crippen LogP contribution < -0.4 is 10.6 Å². The molecule has 1 heterocycles. The van der Waals surface area contributed by atoms with Crippen molar-refractivity contribution >= 4 is 16.0 Å². The van der Waals surface area contributed by atoms with E-state index in [9.17, 15) is 17.2 Å². The lowest BCUT2D eigenvalue weighted by molar-refractivity contribution is 0.205. The molecule has 0 spiro atoms. The number of piperidine rings is 1. The van der Waals surface area contributed by atoms with Gasteiger partial charge in [0.2, 0.25) is 0 Å². The van der Waals surface area contributed by atoms with E-state index in [1.807, 2.05) is 6.92 Å². The molecule has 0 aromatic carbocycles. The molecule has 9 heteroatoms.